The monoisotopic (exact) mass is 542 g/mol. The molecule has 0 unspecified atom stereocenters. The summed E-state index contributed by atoms with van der Waals surface area (Å²) in [5.41, 5.74) is 3.69. The molecule has 0 aliphatic heterocycles. The van der Waals surface area contributed by atoms with Crippen LogP contribution >= 0.6 is 15.9 Å². The van der Waals surface area contributed by atoms with Crippen LogP contribution in [0.4, 0.5) is 0 Å². The largest absolute Gasteiger partial charge is 0.361 e. The maximum atomic E-state index is 13.4. The van der Waals surface area contributed by atoms with Gasteiger partial charge >= 0.3 is 0 Å². The number of carbonyl (C=O) groups is 1. The Kier molecular flexibility index (Phi) is 8.02. The SMILES string of the molecule is CNC1CCC(c2ccc3nc(C(=O)c4ccnc(Br)c4)n(COCC[Si](C)(C)C)c3c2)CC1. The number of imidazole rings is 1. The normalized spacial score (nSPS) is 19.0. The van der Waals surface area contributed by atoms with Gasteiger partial charge in [0.05, 0.1) is 11.0 Å². The third-order valence-electron chi connectivity index (χ3n) is 6.79. The van der Waals surface area contributed by atoms with E-state index in [2.05, 4.69) is 71.1 Å². The van der Waals surface area contributed by atoms with Gasteiger partial charge in [-0.1, -0.05) is 25.7 Å². The molecule has 6 nitrogen and oxygen atoms in total. The Bertz CT molecular complexity index is 1150. The number of rotatable bonds is 9. The van der Waals surface area contributed by atoms with E-state index in [0.29, 0.717) is 41.3 Å². The Balaban J connectivity index is 1.66. The average molecular weight is 544 g/mol. The van der Waals surface area contributed by atoms with Crippen LogP contribution in [0.2, 0.25) is 25.7 Å². The Morgan fingerprint density at radius 3 is 2.62 bits per heavy atom. The first kappa shape index (κ1) is 25.2. The molecule has 0 bridgehead atoms. The fraction of sp³-hybridized carbons (Fsp3) is 0.500. The summed E-state index contributed by atoms with van der Waals surface area (Å²) in [5.74, 6) is 0.835. The van der Waals surface area contributed by atoms with Gasteiger partial charge in [-0.05, 0) is 90.5 Å². The number of ketones is 1. The lowest BCUT2D eigenvalue weighted by Gasteiger charge is -2.28. The predicted octanol–water partition coefficient (Wildman–Crippen LogP) is 5.98. The fourth-order valence-electron chi connectivity index (χ4n) is 4.62. The van der Waals surface area contributed by atoms with Crippen LogP contribution in [0.1, 0.15) is 53.3 Å². The number of nitrogens with one attached hydrogen (secondary N) is 1. The van der Waals surface area contributed by atoms with Crippen molar-refractivity contribution in [1.82, 2.24) is 19.9 Å². The smallest absolute Gasteiger partial charge is 0.228 e. The molecule has 2 aromatic heterocycles. The molecule has 0 amide bonds. The van der Waals surface area contributed by atoms with E-state index in [1.54, 1.807) is 18.3 Å². The topological polar surface area (TPSA) is 69.0 Å². The van der Waals surface area contributed by atoms with Crippen LogP contribution in [-0.4, -0.2) is 48.1 Å². The molecule has 1 aliphatic carbocycles. The first-order valence-electron chi connectivity index (χ1n) is 12.2. The van der Waals surface area contributed by atoms with E-state index in [-0.39, 0.29) is 5.78 Å². The lowest BCUT2D eigenvalue weighted by molar-refractivity contribution is 0.0834. The first-order valence-corrected chi connectivity index (χ1v) is 16.7. The van der Waals surface area contributed by atoms with Crippen molar-refractivity contribution in [1.29, 1.82) is 0 Å². The minimum absolute atomic E-state index is 0.121. The fourth-order valence-corrected chi connectivity index (χ4v) is 5.74. The molecule has 0 atom stereocenters. The van der Waals surface area contributed by atoms with Gasteiger partial charge in [0, 0.05) is 32.5 Å². The van der Waals surface area contributed by atoms with Gasteiger partial charge in [-0.25, -0.2) is 9.97 Å². The highest BCUT2D eigenvalue weighted by atomic mass is 79.9. The number of pyridine rings is 1. The summed E-state index contributed by atoms with van der Waals surface area (Å²) in [5, 5.41) is 3.42. The van der Waals surface area contributed by atoms with Gasteiger partial charge in [-0.2, -0.15) is 0 Å². The second-order valence-corrected chi connectivity index (χ2v) is 16.9. The lowest BCUT2D eigenvalue weighted by Crippen LogP contribution is -2.29. The standard InChI is InChI=1S/C26H35BrN4O2Si/c1-28-21-8-5-18(6-9-21)19-7-10-22-23(15-19)31(17-33-13-14-34(2,3)4)26(30-22)25(32)20-11-12-29-24(27)16-20/h7,10-12,15-16,18,21,28H,5-6,8-9,13-14,17H2,1-4H3. The van der Waals surface area contributed by atoms with Crippen LogP contribution in [0.25, 0.3) is 11.0 Å². The average Bonchev–Trinajstić information content (AvgIpc) is 3.18. The van der Waals surface area contributed by atoms with Gasteiger partial charge in [-0.3, -0.25) is 9.36 Å². The molecule has 1 N–H and O–H groups in total. The third kappa shape index (κ3) is 6.03. The zero-order valence-corrected chi connectivity index (χ0v) is 23.2. The second-order valence-electron chi connectivity index (χ2n) is 10.5. The Morgan fingerprint density at radius 2 is 1.94 bits per heavy atom. The van der Waals surface area contributed by atoms with E-state index in [4.69, 9.17) is 9.72 Å². The number of fused-ring (bicyclic) bond motifs is 1. The van der Waals surface area contributed by atoms with E-state index in [0.717, 1.165) is 17.1 Å². The minimum Gasteiger partial charge on any atom is -0.361 e. The highest BCUT2D eigenvalue weighted by Crippen LogP contribution is 2.34. The maximum Gasteiger partial charge on any atom is 0.228 e. The number of hydrogen-bond acceptors (Lipinski definition) is 5. The summed E-state index contributed by atoms with van der Waals surface area (Å²) in [6.07, 6.45) is 6.37. The molecule has 3 aromatic rings. The molecular weight excluding hydrogens is 508 g/mol. The van der Waals surface area contributed by atoms with Gasteiger partial charge in [0.2, 0.25) is 5.78 Å². The summed E-state index contributed by atoms with van der Waals surface area (Å²) in [4.78, 5) is 22.4. The van der Waals surface area contributed by atoms with Crippen molar-refractivity contribution in [3.05, 3.63) is 58.1 Å². The van der Waals surface area contributed by atoms with E-state index >= 15 is 0 Å². The van der Waals surface area contributed by atoms with Crippen LogP contribution in [-0.2, 0) is 11.5 Å². The molecule has 1 aliphatic rings. The van der Waals surface area contributed by atoms with E-state index < -0.39 is 8.07 Å². The molecule has 182 valence electrons. The van der Waals surface area contributed by atoms with Crippen LogP contribution in [0.3, 0.4) is 0 Å². The van der Waals surface area contributed by atoms with Crippen molar-refractivity contribution >= 4 is 40.8 Å². The first-order chi connectivity index (χ1) is 16.2. The summed E-state index contributed by atoms with van der Waals surface area (Å²) in [7, 11) is 0.851. The molecule has 1 saturated carbocycles. The highest BCUT2D eigenvalue weighted by Gasteiger charge is 2.24. The summed E-state index contributed by atoms with van der Waals surface area (Å²) >= 11 is 3.37. The number of carbonyl (C=O) groups excluding carboxylic acids is 1. The van der Waals surface area contributed by atoms with Gasteiger partial charge in [0.25, 0.3) is 0 Å². The number of nitrogens with zero attached hydrogens (tertiary/aromatic N) is 3. The van der Waals surface area contributed by atoms with Gasteiger partial charge in [0.15, 0.2) is 5.82 Å². The Hall–Kier alpha value is -1.87. The lowest BCUT2D eigenvalue weighted by atomic mass is 9.82. The molecule has 34 heavy (non-hydrogen) atoms. The number of aromatic nitrogens is 3. The van der Waals surface area contributed by atoms with E-state index in [1.165, 1.54) is 31.2 Å². The summed E-state index contributed by atoms with van der Waals surface area (Å²) < 4.78 is 8.69. The van der Waals surface area contributed by atoms with E-state index in [1.807, 2.05) is 4.57 Å². The molecule has 4 rings (SSSR count). The Morgan fingerprint density at radius 1 is 1.18 bits per heavy atom. The Labute approximate surface area is 211 Å². The number of ether oxygens (including phenoxy) is 1. The van der Waals surface area contributed by atoms with Crippen molar-refractivity contribution in [2.45, 2.75) is 70.1 Å². The molecule has 0 spiro atoms. The van der Waals surface area contributed by atoms with Crippen molar-refractivity contribution in [3.8, 4) is 0 Å². The highest BCUT2D eigenvalue weighted by molar-refractivity contribution is 9.10. The molecule has 1 aromatic carbocycles. The van der Waals surface area contributed by atoms with Gasteiger partial charge in [-0.15, -0.1) is 0 Å². The third-order valence-corrected chi connectivity index (χ3v) is 8.93. The number of halogens is 1. The van der Waals surface area contributed by atoms with E-state index in [9.17, 15) is 4.79 Å². The predicted molar refractivity (Wildman–Crippen MR) is 143 cm³/mol. The van der Waals surface area contributed by atoms with Crippen molar-refractivity contribution in [2.75, 3.05) is 13.7 Å². The molecule has 1 fully saturated rings. The van der Waals surface area contributed by atoms with Crippen molar-refractivity contribution < 1.29 is 9.53 Å². The zero-order valence-electron chi connectivity index (χ0n) is 20.6. The molecule has 2 heterocycles. The van der Waals surface area contributed by atoms with Crippen molar-refractivity contribution in [3.63, 3.8) is 0 Å². The number of benzene rings is 1. The summed E-state index contributed by atoms with van der Waals surface area (Å²) in [6.45, 7) is 8.04. The second kappa shape index (κ2) is 10.8. The minimum atomic E-state index is -1.20. The van der Waals surface area contributed by atoms with Crippen LogP contribution in [0.15, 0.2) is 41.1 Å². The van der Waals surface area contributed by atoms with Crippen LogP contribution < -0.4 is 5.32 Å². The van der Waals surface area contributed by atoms with Crippen LogP contribution in [0.5, 0.6) is 0 Å². The summed E-state index contributed by atoms with van der Waals surface area (Å²) in [6, 6.07) is 11.7. The van der Waals surface area contributed by atoms with Crippen molar-refractivity contribution in [2.24, 2.45) is 0 Å². The number of hydrogen-bond donors (Lipinski definition) is 1. The molecule has 0 saturated heterocycles. The van der Waals surface area contributed by atoms with Gasteiger partial charge in [0.1, 0.15) is 11.3 Å². The molecular formula is C26H35BrN4O2Si. The maximum absolute atomic E-state index is 13.4. The quantitative estimate of drug-likeness (QED) is 0.156. The zero-order chi connectivity index (χ0) is 24.3. The van der Waals surface area contributed by atoms with Gasteiger partial charge < -0.3 is 10.1 Å². The molecule has 8 heteroatoms. The van der Waals surface area contributed by atoms with Crippen LogP contribution in [0, 0.1) is 0 Å². The molecule has 0 radical (unpaired) electrons.